The van der Waals surface area contributed by atoms with Gasteiger partial charge in [0.05, 0.1) is 0 Å². The highest BCUT2D eigenvalue weighted by molar-refractivity contribution is 6.04. The van der Waals surface area contributed by atoms with E-state index in [1.165, 1.54) is 0 Å². The van der Waals surface area contributed by atoms with Crippen molar-refractivity contribution < 1.29 is 4.65 Å². The molecule has 0 unspecified atom stereocenters. The maximum Gasteiger partial charge on any atom is 0.282 e. The summed E-state index contributed by atoms with van der Waals surface area (Å²) < 4.78 is 4.14. The first kappa shape index (κ1) is 6.05. The summed E-state index contributed by atoms with van der Waals surface area (Å²) in [6.07, 6.45) is 0. The molecule has 6 heavy (non-hydrogen) atoms. The quantitative estimate of drug-likeness (QED) is 0.338. The Morgan fingerprint density at radius 3 is 2.50 bits per heavy atom. The first-order chi connectivity index (χ1) is 2.91. The zero-order chi connectivity index (χ0) is 4.83. The summed E-state index contributed by atoms with van der Waals surface area (Å²) >= 11 is 0. The predicted molar refractivity (Wildman–Crippen MR) is 25.5 cm³/mol. The highest BCUT2D eigenvalue weighted by atomic mass is 16.4. The Labute approximate surface area is 40.1 Å². The van der Waals surface area contributed by atoms with E-state index in [1.54, 1.807) is 0 Å². The van der Waals surface area contributed by atoms with E-state index in [0.29, 0.717) is 13.2 Å². The molecule has 0 aromatic heterocycles. The molecule has 0 spiro atoms. The molecule has 0 saturated carbocycles. The van der Waals surface area contributed by atoms with Gasteiger partial charge in [0.1, 0.15) is 0 Å². The van der Waals surface area contributed by atoms with Gasteiger partial charge in [-0.2, -0.15) is 0 Å². The van der Waals surface area contributed by atoms with Gasteiger partial charge in [0.25, 0.3) is 8.05 Å². The third kappa shape index (κ3) is 4.05. The van der Waals surface area contributed by atoms with E-state index < -0.39 is 0 Å². The summed E-state index contributed by atoms with van der Waals surface area (Å²) in [5.41, 5.74) is 0. The Morgan fingerprint density at radius 1 is 1.67 bits per heavy atom. The highest BCUT2D eigenvalue weighted by Crippen LogP contribution is 1.55. The van der Waals surface area contributed by atoms with E-state index in [0.717, 1.165) is 0 Å². The van der Waals surface area contributed by atoms with E-state index in [9.17, 15) is 0 Å². The van der Waals surface area contributed by atoms with Crippen LogP contribution < -0.4 is 5.23 Å². The first-order valence-corrected chi connectivity index (χ1v) is 1.67. The van der Waals surface area contributed by atoms with Gasteiger partial charge in [-0.3, -0.25) is 0 Å². The van der Waals surface area contributed by atoms with Crippen molar-refractivity contribution in [1.29, 1.82) is 0 Å². The molecule has 0 aliphatic carbocycles. The van der Waals surface area contributed by atoms with Crippen molar-refractivity contribution in [2.45, 2.75) is 0 Å². The normalized spacial score (nSPS) is 8.67. The number of rotatable bonds is 3. The van der Waals surface area contributed by atoms with Crippen LogP contribution in [0.4, 0.5) is 0 Å². The molecule has 0 amide bonds. The minimum absolute atomic E-state index is 0.455. The molecule has 2 nitrogen and oxygen atoms in total. The van der Waals surface area contributed by atoms with Gasteiger partial charge in [-0.1, -0.05) is 0 Å². The summed E-state index contributed by atoms with van der Waals surface area (Å²) in [4.78, 5) is 0. The minimum Gasteiger partial charge on any atom is -0.446 e. The molecule has 0 rings (SSSR count). The fourth-order valence-corrected chi connectivity index (χ4v) is 0.118. The van der Waals surface area contributed by atoms with E-state index in [-0.39, 0.29) is 0 Å². The predicted octanol–water partition coefficient (Wildman–Crippen LogP) is -1.24. The van der Waals surface area contributed by atoms with Crippen LogP contribution in [0.15, 0.2) is 0 Å². The molecule has 0 aliphatic heterocycles. The topological polar surface area (TPSA) is 21.3 Å². The van der Waals surface area contributed by atoms with Crippen molar-refractivity contribution in [1.82, 2.24) is 5.23 Å². The van der Waals surface area contributed by atoms with E-state index >= 15 is 0 Å². The van der Waals surface area contributed by atoms with Crippen molar-refractivity contribution in [2.75, 3.05) is 13.2 Å². The lowest BCUT2D eigenvalue weighted by molar-refractivity contribution is 0.356. The van der Waals surface area contributed by atoms with Crippen molar-refractivity contribution >= 4 is 16.0 Å². The summed E-state index contributed by atoms with van der Waals surface area (Å²) in [7, 11) is 9.45. The average molecular weight is 80.7 g/mol. The van der Waals surface area contributed by atoms with Gasteiger partial charge in [-0.25, -0.2) is 0 Å². The second-order valence-corrected chi connectivity index (χ2v) is 0.825. The van der Waals surface area contributed by atoms with Gasteiger partial charge >= 0.3 is 0 Å². The molecule has 4 heteroatoms. The smallest absolute Gasteiger partial charge is 0.282 e. The fourth-order valence-electron chi connectivity index (χ4n) is 0.118. The van der Waals surface area contributed by atoms with Crippen LogP contribution in [0.2, 0.25) is 0 Å². The van der Waals surface area contributed by atoms with Crippen molar-refractivity contribution in [3.63, 3.8) is 0 Å². The Kier molecular flexibility index (Phi) is 5.09. The standard InChI is InChI=1S/C2H5B2NO/c3-5-1-2-6-4/h5H,1-2H2. The van der Waals surface area contributed by atoms with Crippen molar-refractivity contribution in [2.24, 2.45) is 0 Å². The Bertz CT molecular complexity index is 23.5. The average Bonchev–Trinajstić information content (AvgIpc) is 1.61. The van der Waals surface area contributed by atoms with E-state index in [1.807, 2.05) is 0 Å². The molecule has 0 saturated heterocycles. The lowest BCUT2D eigenvalue weighted by Gasteiger charge is -1.92. The minimum atomic E-state index is 0.455. The molecule has 0 fully saturated rings. The Morgan fingerprint density at radius 2 is 2.33 bits per heavy atom. The van der Waals surface area contributed by atoms with Gasteiger partial charge in [0.15, 0.2) is 7.98 Å². The van der Waals surface area contributed by atoms with Crippen molar-refractivity contribution in [3.05, 3.63) is 0 Å². The molecule has 30 valence electrons. The molecule has 0 aromatic rings. The van der Waals surface area contributed by atoms with Gasteiger partial charge in [0.2, 0.25) is 0 Å². The number of hydrogen-bond acceptors (Lipinski definition) is 2. The van der Waals surface area contributed by atoms with Crippen LogP contribution in [-0.4, -0.2) is 29.2 Å². The van der Waals surface area contributed by atoms with E-state index in [4.69, 9.17) is 7.98 Å². The molecular formula is C2H5B2NO. The largest absolute Gasteiger partial charge is 0.446 e. The molecule has 4 radical (unpaired) electrons. The van der Waals surface area contributed by atoms with E-state index in [2.05, 4.69) is 17.9 Å². The Hall–Kier alpha value is 0.0499. The Balaban J connectivity index is 2.34. The lowest BCUT2D eigenvalue weighted by atomic mass is 10.4. The van der Waals surface area contributed by atoms with Crippen molar-refractivity contribution in [3.8, 4) is 0 Å². The molecular weight excluding hydrogens is 75.7 g/mol. The van der Waals surface area contributed by atoms with Gasteiger partial charge in [-0.15, -0.1) is 0 Å². The van der Waals surface area contributed by atoms with Crippen LogP contribution in [0.3, 0.4) is 0 Å². The van der Waals surface area contributed by atoms with Gasteiger partial charge in [0, 0.05) is 13.2 Å². The van der Waals surface area contributed by atoms with Crippen LogP contribution >= 0.6 is 0 Å². The molecule has 1 N–H and O–H groups in total. The fraction of sp³-hybridized carbons (Fsp3) is 1.00. The molecule has 0 aromatic carbocycles. The monoisotopic (exact) mass is 81.1 g/mol. The SMILES string of the molecule is [B]NCCO[B]. The number of nitrogens with one attached hydrogen (secondary N) is 1. The van der Waals surface area contributed by atoms with Crippen LogP contribution in [0.1, 0.15) is 0 Å². The van der Waals surface area contributed by atoms with Crippen LogP contribution in [0.5, 0.6) is 0 Å². The highest BCUT2D eigenvalue weighted by Gasteiger charge is 1.72. The molecule has 0 aliphatic rings. The molecule has 0 bridgehead atoms. The molecule has 0 heterocycles. The van der Waals surface area contributed by atoms with Crippen LogP contribution in [0, 0.1) is 0 Å². The maximum atomic E-state index is 4.83. The van der Waals surface area contributed by atoms with Gasteiger partial charge in [-0.05, 0) is 0 Å². The second-order valence-electron chi connectivity index (χ2n) is 0.825. The number of hydrogen-bond donors (Lipinski definition) is 1. The lowest BCUT2D eigenvalue weighted by Crippen LogP contribution is -2.14. The second kappa shape index (κ2) is 5.05. The van der Waals surface area contributed by atoms with Crippen LogP contribution in [0.25, 0.3) is 0 Å². The van der Waals surface area contributed by atoms with Crippen LogP contribution in [-0.2, 0) is 4.65 Å². The summed E-state index contributed by atoms with van der Waals surface area (Å²) in [5.74, 6) is 0. The molecule has 0 atom stereocenters. The first-order valence-electron chi connectivity index (χ1n) is 1.67. The zero-order valence-electron chi connectivity index (χ0n) is 3.48. The summed E-state index contributed by atoms with van der Waals surface area (Å²) in [6, 6.07) is 0. The third-order valence-corrected chi connectivity index (χ3v) is 0.364. The zero-order valence-corrected chi connectivity index (χ0v) is 3.48. The maximum absolute atomic E-state index is 4.83. The third-order valence-electron chi connectivity index (χ3n) is 0.364. The summed E-state index contributed by atoms with van der Waals surface area (Å²) in [6.45, 7) is 1.05. The van der Waals surface area contributed by atoms with Gasteiger partial charge < -0.3 is 9.88 Å². The summed E-state index contributed by atoms with van der Waals surface area (Å²) in [5, 5.41) is 2.36.